The average Bonchev–Trinajstić information content (AvgIpc) is 2.46. The predicted molar refractivity (Wildman–Crippen MR) is 85.0 cm³/mol. The van der Waals surface area contributed by atoms with Gasteiger partial charge in [0.1, 0.15) is 0 Å². The topological polar surface area (TPSA) is 32.3 Å². The molecule has 0 spiro atoms. The van der Waals surface area contributed by atoms with Gasteiger partial charge in [0.05, 0.1) is 6.10 Å². The molecular formula is C17H26ClNO. The van der Waals surface area contributed by atoms with Crippen molar-refractivity contribution in [1.82, 2.24) is 5.32 Å². The summed E-state index contributed by atoms with van der Waals surface area (Å²) in [6.07, 6.45) is 6.32. The molecule has 0 bridgehead atoms. The molecule has 0 amide bonds. The van der Waals surface area contributed by atoms with Gasteiger partial charge in [0.2, 0.25) is 0 Å². The number of hydrogen-bond acceptors (Lipinski definition) is 2. The van der Waals surface area contributed by atoms with Gasteiger partial charge in [-0.25, -0.2) is 0 Å². The number of aliphatic hydroxyl groups is 1. The molecule has 20 heavy (non-hydrogen) atoms. The van der Waals surface area contributed by atoms with Crippen LogP contribution in [0.4, 0.5) is 0 Å². The van der Waals surface area contributed by atoms with Gasteiger partial charge < -0.3 is 10.4 Å². The van der Waals surface area contributed by atoms with Crippen molar-refractivity contribution in [3.63, 3.8) is 0 Å². The lowest BCUT2D eigenvalue weighted by Crippen LogP contribution is -2.25. The predicted octanol–water partition coefficient (Wildman–Crippen LogP) is 4.18. The molecule has 1 aromatic rings. The molecule has 1 fully saturated rings. The third-order valence-electron chi connectivity index (χ3n) is 4.46. The summed E-state index contributed by atoms with van der Waals surface area (Å²) in [6, 6.07) is 7.42. The third-order valence-corrected chi connectivity index (χ3v) is 4.71. The minimum absolute atomic E-state index is 0.446. The zero-order valence-corrected chi connectivity index (χ0v) is 13.1. The molecule has 1 aromatic carbocycles. The second-order valence-electron chi connectivity index (χ2n) is 6.19. The minimum atomic E-state index is -0.446. The first-order chi connectivity index (χ1) is 9.65. The molecule has 0 saturated heterocycles. The molecule has 1 aliphatic carbocycles. The van der Waals surface area contributed by atoms with Crippen LogP contribution in [-0.2, 0) is 0 Å². The highest BCUT2D eigenvalue weighted by atomic mass is 35.5. The summed E-state index contributed by atoms with van der Waals surface area (Å²) in [6.45, 7) is 3.98. The van der Waals surface area contributed by atoms with E-state index in [9.17, 15) is 5.11 Å². The van der Waals surface area contributed by atoms with Crippen LogP contribution in [0.5, 0.6) is 0 Å². The van der Waals surface area contributed by atoms with E-state index in [2.05, 4.69) is 12.2 Å². The van der Waals surface area contributed by atoms with Crippen LogP contribution < -0.4 is 5.32 Å². The fraction of sp³-hybridized carbons (Fsp3) is 0.647. The van der Waals surface area contributed by atoms with Crippen molar-refractivity contribution in [1.29, 1.82) is 0 Å². The molecule has 2 N–H and O–H groups in total. The Hall–Kier alpha value is -0.570. The van der Waals surface area contributed by atoms with E-state index >= 15 is 0 Å². The van der Waals surface area contributed by atoms with E-state index in [4.69, 9.17) is 11.6 Å². The van der Waals surface area contributed by atoms with Crippen LogP contribution in [0.25, 0.3) is 0 Å². The van der Waals surface area contributed by atoms with Gasteiger partial charge in [-0.3, -0.25) is 0 Å². The van der Waals surface area contributed by atoms with Gasteiger partial charge in [-0.1, -0.05) is 56.3 Å². The van der Waals surface area contributed by atoms with Crippen LogP contribution in [0, 0.1) is 11.8 Å². The fourth-order valence-electron chi connectivity index (χ4n) is 2.97. The van der Waals surface area contributed by atoms with E-state index in [-0.39, 0.29) is 0 Å². The van der Waals surface area contributed by atoms with Gasteiger partial charge in [0.25, 0.3) is 0 Å². The van der Waals surface area contributed by atoms with Gasteiger partial charge in [-0.15, -0.1) is 0 Å². The Morgan fingerprint density at radius 3 is 2.50 bits per heavy atom. The molecule has 2 nitrogen and oxygen atoms in total. The molecule has 2 rings (SSSR count). The fourth-order valence-corrected chi connectivity index (χ4v) is 3.09. The van der Waals surface area contributed by atoms with Crippen molar-refractivity contribution in [3.8, 4) is 0 Å². The van der Waals surface area contributed by atoms with E-state index in [1.165, 1.54) is 32.1 Å². The van der Waals surface area contributed by atoms with Crippen LogP contribution in [0.15, 0.2) is 24.3 Å². The monoisotopic (exact) mass is 295 g/mol. The third kappa shape index (κ3) is 5.08. The van der Waals surface area contributed by atoms with Gasteiger partial charge in [-0.2, -0.15) is 0 Å². The molecule has 1 aliphatic rings. The second-order valence-corrected chi connectivity index (χ2v) is 6.62. The Morgan fingerprint density at radius 2 is 1.85 bits per heavy atom. The largest absolute Gasteiger partial charge is 0.387 e. The van der Waals surface area contributed by atoms with E-state index < -0.39 is 6.10 Å². The number of halogens is 1. The SMILES string of the molecule is CC1CCC(CCNCC(O)c2ccc(Cl)cc2)CC1. The highest BCUT2D eigenvalue weighted by Crippen LogP contribution is 2.29. The molecule has 0 aliphatic heterocycles. The van der Waals surface area contributed by atoms with Crippen LogP contribution in [0.1, 0.15) is 50.7 Å². The standard InChI is InChI=1S/C17H26ClNO/c1-13-2-4-14(5-3-13)10-11-19-12-17(20)15-6-8-16(18)9-7-15/h6-9,13-14,17,19-20H,2-5,10-12H2,1H3. The zero-order valence-electron chi connectivity index (χ0n) is 12.3. The zero-order chi connectivity index (χ0) is 14.4. The molecule has 0 radical (unpaired) electrons. The lowest BCUT2D eigenvalue weighted by Gasteiger charge is -2.26. The summed E-state index contributed by atoms with van der Waals surface area (Å²) >= 11 is 5.84. The van der Waals surface area contributed by atoms with Gasteiger partial charge in [0.15, 0.2) is 0 Å². The molecule has 1 saturated carbocycles. The summed E-state index contributed by atoms with van der Waals surface area (Å²) in [7, 11) is 0. The van der Waals surface area contributed by atoms with Crippen molar-refractivity contribution in [2.24, 2.45) is 11.8 Å². The number of hydrogen-bond donors (Lipinski definition) is 2. The lowest BCUT2D eigenvalue weighted by atomic mass is 9.81. The normalized spacial score (nSPS) is 24.6. The van der Waals surface area contributed by atoms with Gasteiger partial charge in [0, 0.05) is 11.6 Å². The summed E-state index contributed by atoms with van der Waals surface area (Å²) in [5, 5.41) is 14.2. The van der Waals surface area contributed by atoms with E-state index in [0.29, 0.717) is 11.6 Å². The highest BCUT2D eigenvalue weighted by Gasteiger charge is 2.17. The summed E-state index contributed by atoms with van der Waals surface area (Å²) < 4.78 is 0. The van der Waals surface area contributed by atoms with Crippen LogP contribution >= 0.6 is 11.6 Å². The van der Waals surface area contributed by atoms with Gasteiger partial charge >= 0.3 is 0 Å². The summed E-state index contributed by atoms with van der Waals surface area (Å²) in [5.41, 5.74) is 0.924. The van der Waals surface area contributed by atoms with Crippen molar-refractivity contribution < 1.29 is 5.11 Å². The molecule has 1 atom stereocenters. The first-order valence-corrected chi connectivity index (χ1v) is 8.17. The van der Waals surface area contributed by atoms with Crippen molar-refractivity contribution in [2.45, 2.75) is 45.1 Å². The van der Waals surface area contributed by atoms with E-state index in [0.717, 1.165) is 23.9 Å². The second kappa shape index (κ2) is 8.02. The van der Waals surface area contributed by atoms with Crippen LogP contribution in [0.3, 0.4) is 0 Å². The summed E-state index contributed by atoms with van der Waals surface area (Å²) in [4.78, 5) is 0. The number of rotatable bonds is 6. The minimum Gasteiger partial charge on any atom is -0.387 e. The highest BCUT2D eigenvalue weighted by molar-refractivity contribution is 6.30. The van der Waals surface area contributed by atoms with Crippen LogP contribution in [-0.4, -0.2) is 18.2 Å². The molecule has 1 unspecified atom stereocenters. The molecule has 0 aromatic heterocycles. The lowest BCUT2D eigenvalue weighted by molar-refractivity contribution is 0.173. The Bertz CT molecular complexity index is 384. The molecule has 3 heteroatoms. The van der Waals surface area contributed by atoms with Crippen molar-refractivity contribution in [3.05, 3.63) is 34.9 Å². The number of aliphatic hydroxyl groups excluding tert-OH is 1. The average molecular weight is 296 g/mol. The first-order valence-electron chi connectivity index (χ1n) is 7.79. The van der Waals surface area contributed by atoms with Gasteiger partial charge in [-0.05, 0) is 42.5 Å². The Morgan fingerprint density at radius 1 is 1.20 bits per heavy atom. The molecule has 0 heterocycles. The number of nitrogens with one attached hydrogen (secondary N) is 1. The maximum atomic E-state index is 10.1. The van der Waals surface area contributed by atoms with Crippen molar-refractivity contribution in [2.75, 3.05) is 13.1 Å². The maximum absolute atomic E-state index is 10.1. The van der Waals surface area contributed by atoms with E-state index in [1.807, 2.05) is 24.3 Å². The summed E-state index contributed by atoms with van der Waals surface area (Å²) in [5.74, 6) is 1.80. The molecule has 112 valence electrons. The Labute approximate surface area is 127 Å². The van der Waals surface area contributed by atoms with Crippen LogP contribution in [0.2, 0.25) is 5.02 Å². The molecular weight excluding hydrogens is 270 g/mol. The first kappa shape index (κ1) is 15.8. The van der Waals surface area contributed by atoms with Crippen molar-refractivity contribution >= 4 is 11.6 Å². The Balaban J connectivity index is 1.62. The quantitative estimate of drug-likeness (QED) is 0.772. The smallest absolute Gasteiger partial charge is 0.0914 e. The Kier molecular flexibility index (Phi) is 6.34. The van der Waals surface area contributed by atoms with E-state index in [1.54, 1.807) is 0 Å². The maximum Gasteiger partial charge on any atom is 0.0914 e. The number of benzene rings is 1.